The molecule has 1 heterocycles. The number of hydrogen-bond donors (Lipinski definition) is 3. The molecule has 0 fully saturated rings. The van der Waals surface area contributed by atoms with Crippen LogP contribution < -0.4 is 15.4 Å². The molecule has 0 aliphatic heterocycles. The van der Waals surface area contributed by atoms with E-state index in [2.05, 4.69) is 20.3 Å². The molecule has 0 aliphatic carbocycles. The van der Waals surface area contributed by atoms with Crippen molar-refractivity contribution in [2.24, 2.45) is 0 Å². The van der Waals surface area contributed by atoms with Crippen LogP contribution in [-0.4, -0.2) is 44.2 Å². The average Bonchev–Trinajstić information content (AvgIpc) is 2.34. The molecule has 21 heavy (non-hydrogen) atoms. The van der Waals surface area contributed by atoms with Crippen LogP contribution in [0.15, 0.2) is 18.3 Å². The highest BCUT2D eigenvalue weighted by Gasteiger charge is 2.23. The molecular formula is C13H22N4O3S. The van der Waals surface area contributed by atoms with Crippen molar-refractivity contribution in [2.45, 2.75) is 26.3 Å². The fourth-order valence-corrected chi connectivity index (χ4v) is 2.87. The number of anilines is 1. The van der Waals surface area contributed by atoms with Gasteiger partial charge in [0.25, 0.3) is 5.91 Å². The quantitative estimate of drug-likeness (QED) is 0.683. The zero-order valence-corrected chi connectivity index (χ0v) is 13.5. The fraction of sp³-hybridized carbons (Fsp3) is 0.538. The van der Waals surface area contributed by atoms with Gasteiger partial charge < -0.3 is 10.6 Å². The van der Waals surface area contributed by atoms with Crippen LogP contribution in [0.5, 0.6) is 0 Å². The third-order valence-electron chi connectivity index (χ3n) is 2.53. The summed E-state index contributed by atoms with van der Waals surface area (Å²) in [6.45, 7) is 6.23. The lowest BCUT2D eigenvalue weighted by molar-refractivity contribution is 0.0944. The standard InChI is InChI=1S/C13H22N4O3S/c1-5-14-11-8-10(6-7-15-11)12(18)16-9-13(2,3)17-21(4,19)20/h6-8,17H,5,9H2,1-4H3,(H,14,15)(H,16,18). The Morgan fingerprint density at radius 1 is 1.38 bits per heavy atom. The van der Waals surface area contributed by atoms with Crippen LogP contribution in [0.3, 0.4) is 0 Å². The Balaban J connectivity index is 2.67. The van der Waals surface area contributed by atoms with E-state index in [1.165, 1.54) is 0 Å². The summed E-state index contributed by atoms with van der Waals surface area (Å²) in [7, 11) is -3.33. The van der Waals surface area contributed by atoms with Crippen molar-refractivity contribution >= 4 is 21.7 Å². The van der Waals surface area contributed by atoms with E-state index in [4.69, 9.17) is 0 Å². The number of rotatable bonds is 7. The van der Waals surface area contributed by atoms with Gasteiger partial charge in [-0.2, -0.15) is 0 Å². The molecule has 0 radical (unpaired) electrons. The summed E-state index contributed by atoms with van der Waals surface area (Å²) in [5, 5.41) is 5.73. The van der Waals surface area contributed by atoms with E-state index < -0.39 is 15.6 Å². The monoisotopic (exact) mass is 314 g/mol. The number of pyridine rings is 1. The van der Waals surface area contributed by atoms with E-state index in [0.717, 1.165) is 6.26 Å². The van der Waals surface area contributed by atoms with Crippen molar-refractivity contribution < 1.29 is 13.2 Å². The minimum absolute atomic E-state index is 0.178. The van der Waals surface area contributed by atoms with E-state index in [0.29, 0.717) is 17.9 Å². The summed E-state index contributed by atoms with van der Waals surface area (Å²) in [5.74, 6) is 0.346. The van der Waals surface area contributed by atoms with Crippen molar-refractivity contribution in [1.29, 1.82) is 0 Å². The molecular weight excluding hydrogens is 292 g/mol. The predicted octanol–water partition coefficient (Wildman–Crippen LogP) is 0.571. The molecule has 1 aromatic heterocycles. The van der Waals surface area contributed by atoms with E-state index in [1.807, 2.05) is 6.92 Å². The zero-order chi connectivity index (χ0) is 16.1. The lowest BCUT2D eigenvalue weighted by Gasteiger charge is -2.25. The Morgan fingerprint density at radius 3 is 2.62 bits per heavy atom. The molecule has 1 aromatic rings. The van der Waals surface area contributed by atoms with Crippen LogP contribution in [-0.2, 0) is 10.0 Å². The summed E-state index contributed by atoms with van der Waals surface area (Å²) in [4.78, 5) is 16.2. The highest BCUT2D eigenvalue weighted by atomic mass is 32.2. The first-order valence-corrected chi connectivity index (χ1v) is 8.49. The van der Waals surface area contributed by atoms with Crippen molar-refractivity contribution in [1.82, 2.24) is 15.0 Å². The lowest BCUT2D eigenvalue weighted by atomic mass is 10.1. The summed E-state index contributed by atoms with van der Waals surface area (Å²) < 4.78 is 24.9. The third kappa shape index (κ3) is 6.54. The normalized spacial score (nSPS) is 12.0. The molecule has 0 spiro atoms. The van der Waals surface area contributed by atoms with Gasteiger partial charge in [-0.3, -0.25) is 4.79 Å². The first-order chi connectivity index (χ1) is 9.63. The van der Waals surface area contributed by atoms with E-state index >= 15 is 0 Å². The van der Waals surface area contributed by atoms with Crippen molar-refractivity contribution in [3.8, 4) is 0 Å². The Hall–Kier alpha value is -1.67. The van der Waals surface area contributed by atoms with Crippen LogP contribution in [0.4, 0.5) is 5.82 Å². The minimum Gasteiger partial charge on any atom is -0.370 e. The van der Waals surface area contributed by atoms with Gasteiger partial charge in [0.1, 0.15) is 5.82 Å². The third-order valence-corrected chi connectivity index (χ3v) is 3.46. The molecule has 8 heteroatoms. The predicted molar refractivity (Wildman–Crippen MR) is 82.8 cm³/mol. The van der Waals surface area contributed by atoms with Gasteiger partial charge in [-0.25, -0.2) is 18.1 Å². The molecule has 1 rings (SSSR count). The summed E-state index contributed by atoms with van der Waals surface area (Å²) in [6.07, 6.45) is 2.63. The maximum absolute atomic E-state index is 12.1. The first kappa shape index (κ1) is 17.4. The maximum atomic E-state index is 12.1. The number of sulfonamides is 1. The second-order valence-electron chi connectivity index (χ2n) is 5.40. The van der Waals surface area contributed by atoms with Crippen LogP contribution in [0, 0.1) is 0 Å². The van der Waals surface area contributed by atoms with Gasteiger partial charge in [0.05, 0.1) is 6.26 Å². The second-order valence-corrected chi connectivity index (χ2v) is 7.15. The minimum atomic E-state index is -3.33. The molecule has 3 N–H and O–H groups in total. The van der Waals surface area contributed by atoms with E-state index in [-0.39, 0.29) is 12.5 Å². The Morgan fingerprint density at radius 2 is 2.05 bits per heavy atom. The molecule has 0 saturated carbocycles. The fourth-order valence-electron chi connectivity index (χ4n) is 1.79. The number of amides is 1. The van der Waals surface area contributed by atoms with Gasteiger partial charge in [-0.15, -0.1) is 0 Å². The average molecular weight is 314 g/mol. The van der Waals surface area contributed by atoms with Gasteiger partial charge in [0.2, 0.25) is 10.0 Å². The van der Waals surface area contributed by atoms with Crippen molar-refractivity contribution in [3.63, 3.8) is 0 Å². The molecule has 0 aromatic carbocycles. The molecule has 0 atom stereocenters. The van der Waals surface area contributed by atoms with Gasteiger partial charge >= 0.3 is 0 Å². The smallest absolute Gasteiger partial charge is 0.251 e. The highest BCUT2D eigenvalue weighted by Crippen LogP contribution is 2.07. The first-order valence-electron chi connectivity index (χ1n) is 6.60. The summed E-state index contributed by atoms with van der Waals surface area (Å²) >= 11 is 0. The number of nitrogens with zero attached hydrogens (tertiary/aromatic N) is 1. The Kier molecular flexibility index (Phi) is 5.68. The molecule has 0 saturated heterocycles. The maximum Gasteiger partial charge on any atom is 0.251 e. The highest BCUT2D eigenvalue weighted by molar-refractivity contribution is 7.88. The number of carbonyl (C=O) groups excluding carboxylic acids is 1. The topological polar surface area (TPSA) is 100 Å². The van der Waals surface area contributed by atoms with Gasteiger partial charge in [-0.1, -0.05) is 0 Å². The largest absolute Gasteiger partial charge is 0.370 e. The van der Waals surface area contributed by atoms with Gasteiger partial charge in [0.15, 0.2) is 0 Å². The van der Waals surface area contributed by atoms with Crippen LogP contribution in [0.25, 0.3) is 0 Å². The van der Waals surface area contributed by atoms with Crippen LogP contribution in [0.2, 0.25) is 0 Å². The van der Waals surface area contributed by atoms with Gasteiger partial charge in [0, 0.05) is 30.4 Å². The van der Waals surface area contributed by atoms with Gasteiger partial charge in [-0.05, 0) is 32.9 Å². The molecule has 0 aliphatic rings. The Bertz CT molecular complexity index is 599. The molecule has 0 unspecified atom stereocenters. The molecule has 7 nitrogen and oxygen atoms in total. The molecule has 1 amide bonds. The van der Waals surface area contributed by atoms with Crippen molar-refractivity contribution in [3.05, 3.63) is 23.9 Å². The molecule has 0 bridgehead atoms. The Labute approximate surface area is 125 Å². The zero-order valence-electron chi connectivity index (χ0n) is 12.7. The van der Waals surface area contributed by atoms with Crippen LogP contribution >= 0.6 is 0 Å². The summed E-state index contributed by atoms with van der Waals surface area (Å²) in [5.41, 5.74) is -0.295. The summed E-state index contributed by atoms with van der Waals surface area (Å²) in [6, 6.07) is 3.25. The number of hydrogen-bond acceptors (Lipinski definition) is 5. The number of carbonyl (C=O) groups is 1. The van der Waals surface area contributed by atoms with E-state index in [9.17, 15) is 13.2 Å². The van der Waals surface area contributed by atoms with E-state index in [1.54, 1.807) is 32.2 Å². The number of nitrogens with one attached hydrogen (secondary N) is 3. The van der Waals surface area contributed by atoms with Crippen LogP contribution in [0.1, 0.15) is 31.1 Å². The van der Waals surface area contributed by atoms with Crippen molar-refractivity contribution in [2.75, 3.05) is 24.7 Å². The second kappa shape index (κ2) is 6.86. The lowest BCUT2D eigenvalue weighted by Crippen LogP contribution is -2.51. The molecule has 118 valence electrons. The number of aromatic nitrogens is 1. The SMILES string of the molecule is CCNc1cc(C(=O)NCC(C)(C)NS(C)(=O)=O)ccn1.